The molecule has 2 heterocycles. The summed E-state index contributed by atoms with van der Waals surface area (Å²) in [7, 11) is 0. The second-order valence-electron chi connectivity index (χ2n) is 5.53. The maximum atomic E-state index is 12.3. The lowest BCUT2D eigenvalue weighted by Crippen LogP contribution is -2.26. The van der Waals surface area contributed by atoms with Crippen molar-refractivity contribution in [1.29, 1.82) is 0 Å². The molecule has 2 N–H and O–H groups in total. The summed E-state index contributed by atoms with van der Waals surface area (Å²) in [5.41, 5.74) is 0.478. The van der Waals surface area contributed by atoms with Gasteiger partial charge in [-0.15, -0.1) is 0 Å². The third-order valence-corrected chi connectivity index (χ3v) is 3.20. The number of nitrogens with one attached hydrogen (secondary N) is 2. The van der Waals surface area contributed by atoms with E-state index in [4.69, 9.17) is 9.47 Å². The number of carbonyl (C=O) groups is 2. The van der Waals surface area contributed by atoms with E-state index >= 15 is 0 Å². The van der Waals surface area contributed by atoms with Gasteiger partial charge in [0.15, 0.2) is 18.2 Å². The van der Waals surface area contributed by atoms with E-state index in [1.54, 1.807) is 36.4 Å². The van der Waals surface area contributed by atoms with Gasteiger partial charge in [-0.1, -0.05) is 0 Å². The molecule has 24 heavy (non-hydrogen) atoms. The van der Waals surface area contributed by atoms with E-state index < -0.39 is 0 Å². The molecular formula is C17H17N3O4. The van der Waals surface area contributed by atoms with Crippen LogP contribution >= 0.6 is 0 Å². The monoisotopic (exact) mass is 327 g/mol. The summed E-state index contributed by atoms with van der Waals surface area (Å²) in [6.45, 7) is 3.83. The van der Waals surface area contributed by atoms with Gasteiger partial charge in [-0.3, -0.25) is 9.59 Å². The molecule has 1 aliphatic rings. The topological polar surface area (TPSA) is 89.5 Å². The average Bonchev–Trinajstić information content (AvgIpc) is 2.54. The maximum absolute atomic E-state index is 12.3. The normalized spacial score (nSPS) is 12.9. The predicted octanol–water partition coefficient (Wildman–Crippen LogP) is 2.45. The Hall–Kier alpha value is -3.09. The SMILES string of the molecule is CC(C)Oc1ccc(C(=O)Nc2ccc3c(n2)NC(=O)CO3)cc1. The largest absolute Gasteiger partial charge is 0.491 e. The first kappa shape index (κ1) is 15.8. The number of pyridine rings is 1. The Kier molecular flexibility index (Phi) is 4.33. The fourth-order valence-corrected chi connectivity index (χ4v) is 2.18. The molecule has 2 aromatic rings. The number of amides is 2. The van der Waals surface area contributed by atoms with Gasteiger partial charge < -0.3 is 20.1 Å². The van der Waals surface area contributed by atoms with Crippen LogP contribution in [-0.2, 0) is 4.79 Å². The standard InChI is InChI=1S/C17H17N3O4/c1-10(2)24-12-5-3-11(4-6-12)17(22)19-14-8-7-13-16(18-14)20-15(21)9-23-13/h3-8,10H,9H2,1-2H3,(H2,18,19,20,21,22). The van der Waals surface area contributed by atoms with Crippen LogP contribution in [0.3, 0.4) is 0 Å². The second kappa shape index (κ2) is 6.57. The summed E-state index contributed by atoms with van der Waals surface area (Å²) in [6, 6.07) is 10.1. The molecule has 2 amide bonds. The third kappa shape index (κ3) is 3.62. The van der Waals surface area contributed by atoms with E-state index in [2.05, 4.69) is 15.6 Å². The van der Waals surface area contributed by atoms with Crippen LogP contribution in [-0.4, -0.2) is 29.5 Å². The first-order valence-corrected chi connectivity index (χ1v) is 7.53. The van der Waals surface area contributed by atoms with Crippen molar-refractivity contribution in [3.63, 3.8) is 0 Å². The molecule has 3 rings (SSSR count). The Morgan fingerprint density at radius 1 is 1.25 bits per heavy atom. The first-order valence-electron chi connectivity index (χ1n) is 7.53. The zero-order valence-corrected chi connectivity index (χ0v) is 13.3. The predicted molar refractivity (Wildman–Crippen MR) is 88.5 cm³/mol. The number of aromatic nitrogens is 1. The smallest absolute Gasteiger partial charge is 0.263 e. The van der Waals surface area contributed by atoms with Gasteiger partial charge in [-0.25, -0.2) is 4.98 Å². The van der Waals surface area contributed by atoms with Crippen LogP contribution in [0.2, 0.25) is 0 Å². The van der Waals surface area contributed by atoms with E-state index in [0.717, 1.165) is 0 Å². The number of hydrogen-bond acceptors (Lipinski definition) is 5. The zero-order chi connectivity index (χ0) is 17.1. The number of benzene rings is 1. The van der Waals surface area contributed by atoms with Gasteiger partial charge >= 0.3 is 0 Å². The van der Waals surface area contributed by atoms with E-state index in [1.807, 2.05) is 13.8 Å². The minimum Gasteiger partial charge on any atom is -0.491 e. The minimum atomic E-state index is -0.304. The minimum absolute atomic E-state index is 0.0365. The number of hydrogen-bond donors (Lipinski definition) is 2. The van der Waals surface area contributed by atoms with Crippen molar-refractivity contribution in [3.05, 3.63) is 42.0 Å². The summed E-state index contributed by atoms with van der Waals surface area (Å²) >= 11 is 0. The molecule has 7 nitrogen and oxygen atoms in total. The van der Waals surface area contributed by atoms with Crippen molar-refractivity contribution in [2.45, 2.75) is 20.0 Å². The molecule has 7 heteroatoms. The molecule has 0 spiro atoms. The molecule has 0 unspecified atom stereocenters. The number of nitrogens with zero attached hydrogens (tertiary/aromatic N) is 1. The Balaban J connectivity index is 1.70. The summed E-state index contributed by atoms with van der Waals surface area (Å²) in [6.07, 6.45) is 0.0711. The van der Waals surface area contributed by atoms with Crippen molar-refractivity contribution in [2.75, 3.05) is 17.2 Å². The average molecular weight is 327 g/mol. The Morgan fingerprint density at radius 2 is 2.00 bits per heavy atom. The number of anilines is 2. The Bertz CT molecular complexity index is 772. The van der Waals surface area contributed by atoms with Gasteiger partial charge in [-0.2, -0.15) is 0 Å². The van der Waals surface area contributed by atoms with Crippen LogP contribution < -0.4 is 20.1 Å². The lowest BCUT2D eigenvalue weighted by Gasteiger charge is -2.17. The van der Waals surface area contributed by atoms with Crippen molar-refractivity contribution in [3.8, 4) is 11.5 Å². The Morgan fingerprint density at radius 3 is 2.71 bits per heavy atom. The van der Waals surface area contributed by atoms with E-state index in [0.29, 0.717) is 28.7 Å². The molecule has 124 valence electrons. The molecule has 0 radical (unpaired) electrons. The molecule has 1 aliphatic heterocycles. The van der Waals surface area contributed by atoms with E-state index in [9.17, 15) is 9.59 Å². The van der Waals surface area contributed by atoms with Gasteiger partial charge in [-0.05, 0) is 50.2 Å². The number of fused-ring (bicyclic) bond motifs is 1. The van der Waals surface area contributed by atoms with Gasteiger partial charge in [0.2, 0.25) is 0 Å². The molecule has 0 saturated heterocycles. The lowest BCUT2D eigenvalue weighted by molar-refractivity contribution is -0.118. The quantitative estimate of drug-likeness (QED) is 0.900. The third-order valence-electron chi connectivity index (χ3n) is 3.20. The second-order valence-corrected chi connectivity index (χ2v) is 5.53. The van der Waals surface area contributed by atoms with Crippen LogP contribution in [0.1, 0.15) is 24.2 Å². The van der Waals surface area contributed by atoms with Gasteiger partial charge in [0.1, 0.15) is 11.6 Å². The molecule has 0 fully saturated rings. The molecule has 0 atom stereocenters. The van der Waals surface area contributed by atoms with Crippen LogP contribution in [0.4, 0.5) is 11.6 Å². The maximum Gasteiger partial charge on any atom is 0.263 e. The van der Waals surface area contributed by atoms with Gasteiger partial charge in [0.25, 0.3) is 11.8 Å². The molecule has 0 saturated carbocycles. The highest BCUT2D eigenvalue weighted by Gasteiger charge is 2.18. The number of ether oxygens (including phenoxy) is 2. The van der Waals surface area contributed by atoms with Crippen molar-refractivity contribution in [2.24, 2.45) is 0 Å². The lowest BCUT2D eigenvalue weighted by atomic mass is 10.2. The van der Waals surface area contributed by atoms with Crippen molar-refractivity contribution in [1.82, 2.24) is 4.98 Å². The molecule has 1 aromatic carbocycles. The highest BCUT2D eigenvalue weighted by Crippen LogP contribution is 2.27. The summed E-state index contributed by atoms with van der Waals surface area (Å²) in [5, 5.41) is 5.28. The van der Waals surface area contributed by atoms with Crippen molar-refractivity contribution < 1.29 is 19.1 Å². The van der Waals surface area contributed by atoms with Crippen molar-refractivity contribution >= 4 is 23.5 Å². The van der Waals surface area contributed by atoms with Crippen LogP contribution in [0.5, 0.6) is 11.5 Å². The highest BCUT2D eigenvalue weighted by molar-refractivity contribution is 6.04. The molecular weight excluding hydrogens is 310 g/mol. The molecule has 1 aromatic heterocycles. The summed E-state index contributed by atoms with van der Waals surface area (Å²) in [5.74, 6) is 1.22. The van der Waals surface area contributed by atoms with Crippen LogP contribution in [0, 0.1) is 0 Å². The Labute approximate surface area is 139 Å². The molecule has 0 aliphatic carbocycles. The molecule has 0 bridgehead atoms. The first-order chi connectivity index (χ1) is 11.5. The van der Waals surface area contributed by atoms with Crippen LogP contribution in [0.25, 0.3) is 0 Å². The van der Waals surface area contributed by atoms with Crippen LogP contribution in [0.15, 0.2) is 36.4 Å². The van der Waals surface area contributed by atoms with Gasteiger partial charge in [0, 0.05) is 5.56 Å². The number of rotatable bonds is 4. The fraction of sp³-hybridized carbons (Fsp3) is 0.235. The highest BCUT2D eigenvalue weighted by atomic mass is 16.5. The number of carbonyl (C=O) groups excluding carboxylic acids is 2. The summed E-state index contributed by atoms with van der Waals surface area (Å²) < 4.78 is 10.8. The fourth-order valence-electron chi connectivity index (χ4n) is 2.18. The summed E-state index contributed by atoms with van der Waals surface area (Å²) in [4.78, 5) is 27.8. The van der Waals surface area contributed by atoms with E-state index in [1.165, 1.54) is 0 Å². The zero-order valence-electron chi connectivity index (χ0n) is 13.3. The van der Waals surface area contributed by atoms with Gasteiger partial charge in [0.05, 0.1) is 6.10 Å². The van der Waals surface area contributed by atoms with E-state index in [-0.39, 0.29) is 24.5 Å².